The zero-order chi connectivity index (χ0) is 20.4. The number of alkyl halides is 2. The number of benzene rings is 2. The second-order valence-corrected chi connectivity index (χ2v) is 9.47. The molecule has 1 aliphatic carbocycles. The molecule has 0 amide bonds. The summed E-state index contributed by atoms with van der Waals surface area (Å²) in [5.74, 6) is -0.985. The van der Waals surface area contributed by atoms with Crippen molar-refractivity contribution in [3.63, 3.8) is 0 Å². The minimum Gasteiger partial charge on any atom is -0.490 e. The third-order valence-electron chi connectivity index (χ3n) is 5.84. The van der Waals surface area contributed by atoms with Crippen LogP contribution in [-0.4, -0.2) is 18.6 Å². The molecule has 0 saturated heterocycles. The predicted octanol–water partition coefficient (Wildman–Crippen LogP) is 6.57. The Hall–Kier alpha value is -1.68. The second kappa shape index (κ2) is 8.36. The first-order valence-electron chi connectivity index (χ1n) is 10.4. The van der Waals surface area contributed by atoms with Crippen LogP contribution in [0, 0.1) is 11.3 Å². The first-order chi connectivity index (χ1) is 13.1. The van der Waals surface area contributed by atoms with Gasteiger partial charge in [0.1, 0.15) is 5.75 Å². The van der Waals surface area contributed by atoms with Crippen molar-refractivity contribution in [1.82, 2.24) is 5.32 Å². The van der Waals surface area contributed by atoms with E-state index < -0.39 is 5.92 Å². The molecule has 0 bridgehead atoms. The monoisotopic (exact) mass is 389 g/mol. The van der Waals surface area contributed by atoms with Crippen molar-refractivity contribution in [2.24, 2.45) is 11.3 Å². The van der Waals surface area contributed by atoms with Gasteiger partial charge < -0.3 is 10.1 Å². The van der Waals surface area contributed by atoms with Crippen LogP contribution >= 0.6 is 0 Å². The highest BCUT2D eigenvalue weighted by molar-refractivity contribution is 5.84. The highest BCUT2D eigenvalue weighted by Crippen LogP contribution is 2.39. The van der Waals surface area contributed by atoms with Gasteiger partial charge in [-0.2, -0.15) is 0 Å². The zero-order valence-electron chi connectivity index (χ0n) is 17.5. The lowest BCUT2D eigenvalue weighted by atomic mass is 9.72. The van der Waals surface area contributed by atoms with Gasteiger partial charge in [0.15, 0.2) is 0 Å². The van der Waals surface area contributed by atoms with E-state index in [1.54, 1.807) is 0 Å². The minimum atomic E-state index is -2.69. The molecule has 28 heavy (non-hydrogen) atoms. The molecule has 2 nitrogen and oxygen atoms in total. The fourth-order valence-corrected chi connectivity index (χ4v) is 4.12. The Labute approximate surface area is 167 Å². The van der Waals surface area contributed by atoms with Gasteiger partial charge in [-0.25, -0.2) is 8.78 Å². The third kappa shape index (κ3) is 5.91. The summed E-state index contributed by atoms with van der Waals surface area (Å²) in [6.45, 7) is 8.06. The average molecular weight is 390 g/mol. The molecule has 0 aliphatic heterocycles. The Bertz CT molecular complexity index is 783. The van der Waals surface area contributed by atoms with Crippen LogP contribution in [-0.2, 0) is 6.54 Å². The summed E-state index contributed by atoms with van der Waals surface area (Å²) in [4.78, 5) is 0. The molecule has 0 heterocycles. The summed E-state index contributed by atoms with van der Waals surface area (Å²) in [6.07, 6.45) is 5.00. The Balaban J connectivity index is 1.58. The van der Waals surface area contributed by atoms with Gasteiger partial charge in [0, 0.05) is 13.5 Å². The predicted molar refractivity (Wildman–Crippen MR) is 112 cm³/mol. The lowest BCUT2D eigenvalue weighted by molar-refractivity contribution is 0.0224. The lowest BCUT2D eigenvalue weighted by Crippen LogP contribution is -2.30. The maximum Gasteiger partial charge on any atom is 0.257 e. The third-order valence-corrected chi connectivity index (χ3v) is 5.84. The summed E-state index contributed by atoms with van der Waals surface area (Å²) in [5, 5.41) is 5.03. The van der Waals surface area contributed by atoms with Crippen molar-refractivity contribution in [1.29, 1.82) is 0 Å². The van der Waals surface area contributed by atoms with Gasteiger partial charge in [-0.15, -0.1) is 0 Å². The van der Waals surface area contributed by atoms with Gasteiger partial charge in [0.05, 0.1) is 12.6 Å². The van der Waals surface area contributed by atoms with E-state index >= 15 is 0 Å². The van der Waals surface area contributed by atoms with Crippen molar-refractivity contribution in [3.05, 3.63) is 42.0 Å². The Morgan fingerprint density at radius 1 is 0.929 bits per heavy atom. The number of rotatable bonds is 6. The largest absolute Gasteiger partial charge is 0.490 e. The molecule has 0 radical (unpaired) electrons. The van der Waals surface area contributed by atoms with Crippen molar-refractivity contribution >= 4 is 10.8 Å². The van der Waals surface area contributed by atoms with Gasteiger partial charge in [-0.05, 0) is 71.6 Å². The van der Waals surface area contributed by atoms with E-state index in [2.05, 4.69) is 44.3 Å². The van der Waals surface area contributed by atoms with E-state index in [0.29, 0.717) is 18.1 Å². The Kier molecular flexibility index (Phi) is 6.28. The average Bonchev–Trinajstić information content (AvgIpc) is 2.60. The van der Waals surface area contributed by atoms with Crippen LogP contribution in [0.1, 0.15) is 58.9 Å². The highest BCUT2D eigenvalue weighted by atomic mass is 19.3. The summed E-state index contributed by atoms with van der Waals surface area (Å²) < 4.78 is 32.1. The Morgan fingerprint density at radius 2 is 1.57 bits per heavy atom. The number of fused-ring (bicyclic) bond motifs is 1. The van der Waals surface area contributed by atoms with Gasteiger partial charge in [0.2, 0.25) is 0 Å². The topological polar surface area (TPSA) is 21.3 Å². The van der Waals surface area contributed by atoms with Crippen LogP contribution < -0.4 is 10.1 Å². The van der Waals surface area contributed by atoms with Crippen molar-refractivity contribution in [2.75, 3.05) is 6.54 Å². The Morgan fingerprint density at radius 3 is 2.21 bits per heavy atom. The maximum absolute atomic E-state index is 12.9. The molecule has 2 aromatic rings. The van der Waals surface area contributed by atoms with Gasteiger partial charge in [-0.1, -0.05) is 39.0 Å². The van der Waals surface area contributed by atoms with E-state index in [9.17, 15) is 8.78 Å². The maximum atomic E-state index is 12.9. The van der Waals surface area contributed by atoms with Gasteiger partial charge in [-0.3, -0.25) is 0 Å². The summed E-state index contributed by atoms with van der Waals surface area (Å²) in [5.41, 5.74) is 1.39. The molecule has 1 saturated carbocycles. The first-order valence-corrected chi connectivity index (χ1v) is 10.4. The second-order valence-electron chi connectivity index (χ2n) is 9.47. The quantitative estimate of drug-likeness (QED) is 0.603. The van der Waals surface area contributed by atoms with E-state index in [-0.39, 0.29) is 6.54 Å². The van der Waals surface area contributed by atoms with Crippen LogP contribution in [0.15, 0.2) is 36.4 Å². The molecule has 154 valence electrons. The molecule has 0 spiro atoms. The van der Waals surface area contributed by atoms with E-state index in [4.69, 9.17) is 4.74 Å². The molecule has 3 rings (SSSR count). The molecule has 0 atom stereocenters. The molecule has 1 fully saturated rings. The van der Waals surface area contributed by atoms with Crippen LogP contribution in [0.25, 0.3) is 10.8 Å². The highest BCUT2D eigenvalue weighted by Gasteiger charge is 2.30. The lowest BCUT2D eigenvalue weighted by Gasteiger charge is -2.37. The molecular weight excluding hydrogens is 356 g/mol. The summed E-state index contributed by atoms with van der Waals surface area (Å²) >= 11 is 0. The number of hydrogen-bond donors (Lipinski definition) is 1. The normalized spacial score (nSPS) is 21.1. The molecule has 1 N–H and O–H groups in total. The SMILES string of the molecule is CC(F)(F)CNCc1ccc2cc(OC3CCC(C(C)(C)C)CC3)ccc2c1. The standard InChI is InChI=1S/C24H33F2NO/c1-23(2,3)20-8-11-21(12-9-20)28-22-10-7-18-13-17(5-6-19(18)14-22)15-27-16-24(4,25)26/h5-7,10,13-14,20-21,27H,8-9,11-12,15-16H2,1-4H3. The van der Waals surface area contributed by atoms with Crippen molar-refractivity contribution in [3.8, 4) is 5.75 Å². The van der Waals surface area contributed by atoms with E-state index in [1.807, 2.05) is 18.2 Å². The van der Waals surface area contributed by atoms with Crippen molar-refractivity contribution in [2.45, 2.75) is 71.9 Å². The summed E-state index contributed by atoms with van der Waals surface area (Å²) in [6, 6.07) is 12.2. The number of ether oxygens (including phenoxy) is 1. The number of nitrogens with one attached hydrogen (secondary N) is 1. The van der Waals surface area contributed by atoms with Crippen LogP contribution in [0.2, 0.25) is 0 Å². The smallest absolute Gasteiger partial charge is 0.257 e. The zero-order valence-corrected chi connectivity index (χ0v) is 17.5. The minimum absolute atomic E-state index is 0.301. The molecular formula is C24H33F2NO. The van der Waals surface area contributed by atoms with Crippen LogP contribution in [0.3, 0.4) is 0 Å². The number of hydrogen-bond acceptors (Lipinski definition) is 2. The van der Waals surface area contributed by atoms with Gasteiger partial charge in [0.25, 0.3) is 5.92 Å². The van der Waals surface area contributed by atoms with Crippen LogP contribution in [0.4, 0.5) is 8.78 Å². The van der Waals surface area contributed by atoms with E-state index in [1.165, 1.54) is 12.8 Å². The van der Waals surface area contributed by atoms with E-state index in [0.717, 1.165) is 47.8 Å². The van der Waals surface area contributed by atoms with Crippen LogP contribution in [0.5, 0.6) is 5.75 Å². The molecule has 1 aliphatic rings. The fraction of sp³-hybridized carbons (Fsp3) is 0.583. The number of halogens is 2. The molecule has 2 aromatic carbocycles. The molecule has 0 aromatic heterocycles. The molecule has 0 unspecified atom stereocenters. The summed E-state index contributed by atoms with van der Waals surface area (Å²) in [7, 11) is 0. The first kappa shape index (κ1) is 21.0. The molecule has 4 heteroatoms. The fourth-order valence-electron chi connectivity index (χ4n) is 4.12. The van der Waals surface area contributed by atoms with Crippen molar-refractivity contribution < 1.29 is 13.5 Å². The van der Waals surface area contributed by atoms with Gasteiger partial charge >= 0.3 is 0 Å².